The smallest absolute Gasteiger partial charge is 0.303 e. The third-order valence-electron chi connectivity index (χ3n) is 3.17. The van der Waals surface area contributed by atoms with E-state index in [-0.39, 0.29) is 0 Å². The van der Waals surface area contributed by atoms with E-state index in [1.807, 2.05) is 0 Å². The fraction of sp³-hybridized carbons (Fsp3) is 0.929. The Morgan fingerprint density at radius 2 is 1.62 bits per heavy atom. The molecule has 0 aromatic carbocycles. The molecule has 0 radical (unpaired) electrons. The molecule has 1 unspecified atom stereocenters. The van der Waals surface area contributed by atoms with Gasteiger partial charge in [0.25, 0.3) is 0 Å². The zero-order valence-corrected chi connectivity index (χ0v) is 11.0. The lowest BCUT2D eigenvalue weighted by Gasteiger charge is -2.15. The lowest BCUT2D eigenvalue weighted by Crippen LogP contribution is -2.03. The van der Waals surface area contributed by atoms with Crippen LogP contribution in [0.25, 0.3) is 0 Å². The van der Waals surface area contributed by atoms with Crippen LogP contribution in [-0.4, -0.2) is 11.1 Å². The molecule has 96 valence electrons. The third-order valence-corrected chi connectivity index (χ3v) is 3.17. The van der Waals surface area contributed by atoms with Crippen LogP contribution < -0.4 is 0 Å². The number of unbranched alkanes of at least 4 members (excludes halogenated alkanes) is 3. The molecule has 0 aromatic rings. The van der Waals surface area contributed by atoms with Crippen LogP contribution in [0, 0.1) is 5.92 Å². The van der Waals surface area contributed by atoms with Gasteiger partial charge in [-0.1, -0.05) is 58.8 Å². The van der Waals surface area contributed by atoms with E-state index in [2.05, 4.69) is 13.8 Å². The molecule has 0 spiro atoms. The molecule has 0 aliphatic rings. The summed E-state index contributed by atoms with van der Waals surface area (Å²) in [5.41, 5.74) is 0. The van der Waals surface area contributed by atoms with Crippen LogP contribution >= 0.6 is 0 Å². The average Bonchev–Trinajstić information content (AvgIpc) is 2.23. The summed E-state index contributed by atoms with van der Waals surface area (Å²) in [5, 5.41) is 8.60. The fourth-order valence-electron chi connectivity index (χ4n) is 2.24. The van der Waals surface area contributed by atoms with Crippen LogP contribution in [0.3, 0.4) is 0 Å². The second-order valence-electron chi connectivity index (χ2n) is 4.79. The molecule has 0 aliphatic heterocycles. The SMILES string of the molecule is CCCCCCC(CCC)CCCC(=O)O. The maximum atomic E-state index is 10.4. The van der Waals surface area contributed by atoms with Crippen molar-refractivity contribution in [1.82, 2.24) is 0 Å². The van der Waals surface area contributed by atoms with E-state index in [0.717, 1.165) is 18.8 Å². The Kier molecular flexibility index (Phi) is 10.6. The van der Waals surface area contributed by atoms with Crippen molar-refractivity contribution in [2.45, 2.75) is 78.1 Å². The number of carboxylic acid groups (broad SMARTS) is 1. The highest BCUT2D eigenvalue weighted by molar-refractivity contribution is 5.66. The van der Waals surface area contributed by atoms with Gasteiger partial charge in [-0.15, -0.1) is 0 Å². The highest BCUT2D eigenvalue weighted by atomic mass is 16.4. The number of hydrogen-bond donors (Lipinski definition) is 1. The highest BCUT2D eigenvalue weighted by Gasteiger charge is 2.08. The Hall–Kier alpha value is -0.530. The van der Waals surface area contributed by atoms with Crippen LogP contribution in [0.5, 0.6) is 0 Å². The average molecular weight is 228 g/mol. The van der Waals surface area contributed by atoms with Gasteiger partial charge in [-0.25, -0.2) is 0 Å². The van der Waals surface area contributed by atoms with E-state index in [1.54, 1.807) is 0 Å². The molecule has 0 rings (SSSR count). The summed E-state index contributed by atoms with van der Waals surface area (Å²) < 4.78 is 0. The number of rotatable bonds is 11. The molecule has 0 fully saturated rings. The first kappa shape index (κ1) is 15.5. The standard InChI is InChI=1S/C14H28O2/c1-3-5-6-7-10-13(9-4-2)11-8-12-14(15)16/h13H,3-12H2,1-2H3,(H,15,16). The van der Waals surface area contributed by atoms with E-state index in [9.17, 15) is 4.79 Å². The number of hydrogen-bond acceptors (Lipinski definition) is 1. The fourth-order valence-corrected chi connectivity index (χ4v) is 2.24. The molecule has 0 saturated heterocycles. The van der Waals surface area contributed by atoms with Crippen LogP contribution in [0.1, 0.15) is 78.1 Å². The zero-order chi connectivity index (χ0) is 12.2. The van der Waals surface area contributed by atoms with Gasteiger partial charge in [-0.2, -0.15) is 0 Å². The topological polar surface area (TPSA) is 37.3 Å². The number of carbonyl (C=O) groups is 1. The molecule has 0 aromatic heterocycles. The van der Waals surface area contributed by atoms with Gasteiger partial charge in [0.1, 0.15) is 0 Å². The van der Waals surface area contributed by atoms with Crippen molar-refractivity contribution >= 4 is 5.97 Å². The lowest BCUT2D eigenvalue weighted by atomic mass is 9.91. The van der Waals surface area contributed by atoms with Crippen LogP contribution in [0.4, 0.5) is 0 Å². The maximum Gasteiger partial charge on any atom is 0.303 e. The van der Waals surface area contributed by atoms with Gasteiger partial charge in [-0.3, -0.25) is 4.79 Å². The largest absolute Gasteiger partial charge is 0.481 e. The Labute approximate surface area is 100 Å². The van der Waals surface area contributed by atoms with E-state index < -0.39 is 5.97 Å². The minimum atomic E-state index is -0.652. The first-order valence-corrected chi connectivity index (χ1v) is 6.92. The van der Waals surface area contributed by atoms with Gasteiger partial charge in [-0.05, 0) is 18.8 Å². The van der Waals surface area contributed by atoms with Gasteiger partial charge in [0, 0.05) is 6.42 Å². The molecule has 2 nitrogen and oxygen atoms in total. The summed E-state index contributed by atoms with van der Waals surface area (Å²) in [6.45, 7) is 4.45. The second kappa shape index (κ2) is 11.0. The minimum Gasteiger partial charge on any atom is -0.481 e. The summed E-state index contributed by atoms with van der Waals surface area (Å²) in [5.74, 6) is 0.113. The maximum absolute atomic E-state index is 10.4. The lowest BCUT2D eigenvalue weighted by molar-refractivity contribution is -0.137. The third kappa shape index (κ3) is 10.0. The van der Waals surface area contributed by atoms with Crippen molar-refractivity contribution in [3.63, 3.8) is 0 Å². The first-order chi connectivity index (χ1) is 7.70. The predicted octanol–water partition coefficient (Wildman–Crippen LogP) is 4.63. The number of carboxylic acids is 1. The molecule has 1 atom stereocenters. The molecule has 1 N–H and O–H groups in total. The Balaban J connectivity index is 3.57. The quantitative estimate of drug-likeness (QED) is 0.523. The molecule has 0 saturated carbocycles. The molecule has 16 heavy (non-hydrogen) atoms. The summed E-state index contributed by atoms with van der Waals surface area (Å²) >= 11 is 0. The van der Waals surface area contributed by atoms with E-state index in [0.29, 0.717) is 6.42 Å². The van der Waals surface area contributed by atoms with Crippen molar-refractivity contribution in [2.24, 2.45) is 5.92 Å². The van der Waals surface area contributed by atoms with Crippen LogP contribution in [0.15, 0.2) is 0 Å². The molecule has 2 heteroatoms. The Morgan fingerprint density at radius 1 is 0.938 bits per heavy atom. The van der Waals surface area contributed by atoms with E-state index in [1.165, 1.54) is 44.9 Å². The summed E-state index contributed by atoms with van der Waals surface area (Å²) in [6, 6.07) is 0. The monoisotopic (exact) mass is 228 g/mol. The molecule has 0 bridgehead atoms. The Bertz CT molecular complexity index is 166. The van der Waals surface area contributed by atoms with Gasteiger partial charge in [0.2, 0.25) is 0 Å². The predicted molar refractivity (Wildman–Crippen MR) is 68.6 cm³/mol. The van der Waals surface area contributed by atoms with Crippen molar-refractivity contribution < 1.29 is 9.90 Å². The molecular formula is C14H28O2. The summed E-state index contributed by atoms with van der Waals surface area (Å²) in [4.78, 5) is 10.4. The highest BCUT2D eigenvalue weighted by Crippen LogP contribution is 2.21. The molecule has 0 aliphatic carbocycles. The minimum absolute atomic E-state index is 0.342. The summed E-state index contributed by atoms with van der Waals surface area (Å²) in [7, 11) is 0. The van der Waals surface area contributed by atoms with E-state index in [4.69, 9.17) is 5.11 Å². The van der Waals surface area contributed by atoms with Crippen molar-refractivity contribution in [1.29, 1.82) is 0 Å². The van der Waals surface area contributed by atoms with Crippen molar-refractivity contribution in [3.05, 3.63) is 0 Å². The van der Waals surface area contributed by atoms with Gasteiger partial charge < -0.3 is 5.11 Å². The molecule has 0 amide bonds. The van der Waals surface area contributed by atoms with Crippen LogP contribution in [-0.2, 0) is 4.79 Å². The van der Waals surface area contributed by atoms with Gasteiger partial charge in [0.15, 0.2) is 0 Å². The number of aliphatic carboxylic acids is 1. The van der Waals surface area contributed by atoms with Crippen molar-refractivity contribution in [3.8, 4) is 0 Å². The normalized spacial score (nSPS) is 12.6. The van der Waals surface area contributed by atoms with Gasteiger partial charge >= 0.3 is 5.97 Å². The Morgan fingerprint density at radius 3 is 2.19 bits per heavy atom. The molecular weight excluding hydrogens is 200 g/mol. The first-order valence-electron chi connectivity index (χ1n) is 6.92. The van der Waals surface area contributed by atoms with E-state index >= 15 is 0 Å². The van der Waals surface area contributed by atoms with Crippen LogP contribution in [0.2, 0.25) is 0 Å². The molecule has 0 heterocycles. The zero-order valence-electron chi connectivity index (χ0n) is 11.0. The second-order valence-corrected chi connectivity index (χ2v) is 4.79. The van der Waals surface area contributed by atoms with Crippen molar-refractivity contribution in [2.75, 3.05) is 0 Å². The summed E-state index contributed by atoms with van der Waals surface area (Å²) in [6.07, 6.45) is 11.4. The van der Waals surface area contributed by atoms with Gasteiger partial charge in [0.05, 0.1) is 0 Å².